The molecule has 1 aliphatic heterocycles. The Kier molecular flexibility index (Phi) is 1.08. The fraction of sp³-hybridized carbons (Fsp3) is 0.333. The minimum atomic E-state index is 0.579. The molecular weight excluding hydrogens is 99.5 g/mol. The summed E-state index contributed by atoms with van der Waals surface area (Å²) in [6, 6.07) is 0. The van der Waals surface area contributed by atoms with Gasteiger partial charge in [0.25, 0.3) is 0 Å². The molecule has 1 heterocycles. The van der Waals surface area contributed by atoms with Crippen LogP contribution in [0.2, 0.25) is 0 Å². The molecule has 0 aromatic carbocycles. The van der Waals surface area contributed by atoms with Gasteiger partial charge in [0, 0.05) is 0 Å². The highest BCUT2D eigenvalue weighted by molar-refractivity contribution is 6.66. The molecule has 0 aliphatic carbocycles. The van der Waals surface area contributed by atoms with Crippen molar-refractivity contribution in [2.24, 2.45) is 4.99 Å². The summed E-state index contributed by atoms with van der Waals surface area (Å²) in [5.41, 5.74) is 0. The molecule has 0 fully saturated rings. The van der Waals surface area contributed by atoms with Crippen LogP contribution in [0.3, 0.4) is 0 Å². The lowest BCUT2D eigenvalue weighted by Crippen LogP contribution is -2.05. The highest BCUT2D eigenvalue weighted by atomic mass is 35.5. The summed E-state index contributed by atoms with van der Waals surface area (Å²) in [7, 11) is 0. The largest absolute Gasteiger partial charge is 0.280 e. The van der Waals surface area contributed by atoms with Crippen LogP contribution in [0.25, 0.3) is 0 Å². The topological polar surface area (TPSA) is 24.4 Å². The maximum Gasteiger partial charge on any atom is 0.197 e. The van der Waals surface area contributed by atoms with E-state index in [0.717, 1.165) is 0 Å². The van der Waals surface area contributed by atoms with Crippen LogP contribution in [-0.2, 0) is 0 Å². The van der Waals surface area contributed by atoms with E-state index in [1.165, 1.54) is 0 Å². The zero-order chi connectivity index (χ0) is 4.41. The smallest absolute Gasteiger partial charge is 0.197 e. The van der Waals surface area contributed by atoms with E-state index >= 15 is 0 Å². The standard InChI is InChI=1S/C3H3ClN2/c4-3-1-5-2-6-3/h5H,1H2. The number of rotatable bonds is 0. The summed E-state index contributed by atoms with van der Waals surface area (Å²) in [6.07, 6.45) is 0. The summed E-state index contributed by atoms with van der Waals surface area (Å²) < 4.78 is 0. The Morgan fingerprint density at radius 1 is 2.00 bits per heavy atom. The highest BCUT2D eigenvalue weighted by Gasteiger charge is 1.99. The Hall–Kier alpha value is -0.0800. The predicted molar refractivity (Wildman–Crippen MR) is 24.5 cm³/mol. The molecule has 1 N–H and O–H groups in total. The molecule has 1 aliphatic rings. The van der Waals surface area contributed by atoms with E-state index in [1.807, 2.05) is 0 Å². The van der Waals surface area contributed by atoms with Crippen molar-refractivity contribution in [3.63, 3.8) is 0 Å². The lowest BCUT2D eigenvalue weighted by atomic mass is 10.7. The monoisotopic (exact) mass is 102 g/mol. The molecule has 6 heavy (non-hydrogen) atoms. The number of nitrogens with one attached hydrogen (secondary N) is 1. The first-order valence-corrected chi connectivity index (χ1v) is 1.97. The second kappa shape index (κ2) is 1.58. The van der Waals surface area contributed by atoms with Gasteiger partial charge in [-0.15, -0.1) is 0 Å². The molecule has 0 aromatic rings. The zero-order valence-corrected chi connectivity index (χ0v) is 3.79. The van der Waals surface area contributed by atoms with E-state index in [4.69, 9.17) is 11.6 Å². The van der Waals surface area contributed by atoms with Crippen LogP contribution in [-0.4, -0.2) is 11.7 Å². The van der Waals surface area contributed by atoms with Gasteiger partial charge in [-0.25, -0.2) is 4.99 Å². The number of halogens is 1. The van der Waals surface area contributed by atoms with Gasteiger partial charge in [0.1, 0.15) is 5.17 Å². The van der Waals surface area contributed by atoms with Crippen LogP contribution in [0.1, 0.15) is 0 Å². The first kappa shape index (κ1) is 4.09. The van der Waals surface area contributed by atoms with E-state index in [-0.39, 0.29) is 0 Å². The summed E-state index contributed by atoms with van der Waals surface area (Å²) in [6.45, 7) is 3.12. The molecule has 2 radical (unpaired) electrons. The lowest BCUT2D eigenvalue weighted by Gasteiger charge is -1.76. The molecular formula is C3H3ClN2. The van der Waals surface area contributed by atoms with Crippen molar-refractivity contribution in [2.45, 2.75) is 0 Å². The highest BCUT2D eigenvalue weighted by Crippen LogP contribution is 1.91. The van der Waals surface area contributed by atoms with E-state index < -0.39 is 0 Å². The van der Waals surface area contributed by atoms with Crippen molar-refractivity contribution in [2.75, 3.05) is 6.54 Å². The second-order valence-corrected chi connectivity index (χ2v) is 1.39. The van der Waals surface area contributed by atoms with Crippen LogP contribution >= 0.6 is 11.6 Å². The fourth-order valence-electron chi connectivity index (χ4n) is 0.252. The van der Waals surface area contributed by atoms with Crippen molar-refractivity contribution in [3.05, 3.63) is 6.67 Å². The number of aliphatic imine (C=N–C) groups is 1. The third-order valence-electron chi connectivity index (χ3n) is 0.491. The SMILES string of the molecule is ClC1=N[C]NC1. The number of hydrogen-bond donors (Lipinski definition) is 1. The van der Waals surface area contributed by atoms with Gasteiger partial charge in [0.05, 0.1) is 6.54 Å². The van der Waals surface area contributed by atoms with Crippen molar-refractivity contribution < 1.29 is 0 Å². The minimum Gasteiger partial charge on any atom is -0.280 e. The predicted octanol–water partition coefficient (Wildman–Crippen LogP) is 0.223. The molecule has 0 spiro atoms. The molecule has 0 bridgehead atoms. The molecule has 2 nitrogen and oxygen atoms in total. The first-order chi connectivity index (χ1) is 2.89. The Balaban J connectivity index is 2.45. The third kappa shape index (κ3) is 0.698. The number of hydrogen-bond acceptors (Lipinski definition) is 2. The molecule has 0 atom stereocenters. The zero-order valence-electron chi connectivity index (χ0n) is 3.03. The third-order valence-corrected chi connectivity index (χ3v) is 0.709. The van der Waals surface area contributed by atoms with E-state index in [9.17, 15) is 0 Å². The van der Waals surface area contributed by atoms with Crippen molar-refractivity contribution >= 4 is 16.8 Å². The van der Waals surface area contributed by atoms with Gasteiger partial charge >= 0.3 is 0 Å². The van der Waals surface area contributed by atoms with E-state index in [2.05, 4.69) is 17.0 Å². The molecule has 0 saturated heterocycles. The van der Waals surface area contributed by atoms with Crippen molar-refractivity contribution in [3.8, 4) is 0 Å². The Bertz CT molecular complexity index is 78.9. The van der Waals surface area contributed by atoms with Gasteiger partial charge in [-0.1, -0.05) is 11.6 Å². The molecule has 0 aromatic heterocycles. The summed E-state index contributed by atoms with van der Waals surface area (Å²) >= 11 is 5.34. The van der Waals surface area contributed by atoms with Gasteiger partial charge in [0.2, 0.25) is 0 Å². The fourth-order valence-corrected chi connectivity index (χ4v) is 0.361. The average molecular weight is 103 g/mol. The van der Waals surface area contributed by atoms with Crippen LogP contribution < -0.4 is 5.32 Å². The second-order valence-electron chi connectivity index (χ2n) is 0.953. The normalized spacial score (nSPS) is 21.2. The number of nitrogens with zero attached hydrogens (tertiary/aromatic N) is 1. The minimum absolute atomic E-state index is 0.579. The quantitative estimate of drug-likeness (QED) is 0.465. The van der Waals surface area contributed by atoms with Crippen molar-refractivity contribution in [1.29, 1.82) is 0 Å². The average Bonchev–Trinajstić information content (AvgIpc) is 1.86. The molecule has 1 rings (SSSR count). The maximum atomic E-state index is 5.34. The molecule has 0 amide bonds. The van der Waals surface area contributed by atoms with Gasteiger partial charge in [-0.2, -0.15) is 0 Å². The first-order valence-electron chi connectivity index (χ1n) is 1.59. The summed E-state index contributed by atoms with van der Waals surface area (Å²) in [5.74, 6) is 0. The van der Waals surface area contributed by atoms with E-state index in [0.29, 0.717) is 11.7 Å². The molecule has 32 valence electrons. The molecule has 0 unspecified atom stereocenters. The van der Waals surface area contributed by atoms with Crippen LogP contribution in [0.15, 0.2) is 4.99 Å². The Morgan fingerprint density at radius 3 is 3.00 bits per heavy atom. The lowest BCUT2D eigenvalue weighted by molar-refractivity contribution is 0.965. The molecule has 0 saturated carbocycles. The van der Waals surface area contributed by atoms with Gasteiger partial charge in [-0.05, 0) is 0 Å². The van der Waals surface area contributed by atoms with Gasteiger partial charge < -0.3 is 0 Å². The van der Waals surface area contributed by atoms with Crippen LogP contribution in [0, 0.1) is 6.67 Å². The van der Waals surface area contributed by atoms with Gasteiger partial charge in [-0.3, -0.25) is 5.32 Å². The van der Waals surface area contributed by atoms with Crippen molar-refractivity contribution in [1.82, 2.24) is 5.32 Å². The molecule has 3 heteroatoms. The Labute approximate surface area is 41.2 Å². The summed E-state index contributed by atoms with van der Waals surface area (Å²) in [5, 5.41) is 3.27. The van der Waals surface area contributed by atoms with Crippen LogP contribution in [0.4, 0.5) is 0 Å². The van der Waals surface area contributed by atoms with Gasteiger partial charge in [0.15, 0.2) is 6.67 Å². The maximum absolute atomic E-state index is 5.34. The van der Waals surface area contributed by atoms with Crippen LogP contribution in [0.5, 0.6) is 0 Å². The van der Waals surface area contributed by atoms with E-state index in [1.54, 1.807) is 0 Å². The Morgan fingerprint density at radius 2 is 2.83 bits per heavy atom. The summed E-state index contributed by atoms with van der Waals surface area (Å²) in [4.78, 5) is 3.56.